The largest absolute Gasteiger partial charge is 0.456 e. The summed E-state index contributed by atoms with van der Waals surface area (Å²) in [6.07, 6.45) is 0. The van der Waals surface area contributed by atoms with Gasteiger partial charge >= 0.3 is 0 Å². The third-order valence-corrected chi connectivity index (χ3v) is 12.0. The number of fused-ring (bicyclic) bond motifs is 10. The number of aromatic nitrogens is 4. The molecule has 8 aromatic carbocycles. The van der Waals surface area contributed by atoms with Crippen molar-refractivity contribution in [1.82, 2.24) is 19.5 Å². The van der Waals surface area contributed by atoms with Crippen LogP contribution in [0.3, 0.4) is 0 Å². The lowest BCUT2D eigenvalue weighted by atomic mass is 9.82. The molecule has 0 amide bonds. The van der Waals surface area contributed by atoms with Crippen molar-refractivity contribution in [1.29, 1.82) is 0 Å². The quantitative estimate of drug-likeness (QED) is 0.181. The van der Waals surface area contributed by atoms with Crippen LogP contribution in [0.2, 0.25) is 0 Å². The molecule has 0 radical (unpaired) electrons. The lowest BCUT2D eigenvalue weighted by Gasteiger charge is -2.21. The first-order valence-corrected chi connectivity index (χ1v) is 19.4. The predicted octanol–water partition coefficient (Wildman–Crippen LogP) is 13.3. The first kappa shape index (κ1) is 31.9. The number of furan rings is 1. The Labute approximate surface area is 328 Å². The molecular formula is C52H34N4O. The van der Waals surface area contributed by atoms with Gasteiger partial charge in [-0.25, -0.2) is 4.98 Å². The molecule has 11 aromatic rings. The van der Waals surface area contributed by atoms with E-state index in [0.29, 0.717) is 17.6 Å². The van der Waals surface area contributed by atoms with E-state index in [1.165, 1.54) is 33.2 Å². The van der Waals surface area contributed by atoms with Crippen LogP contribution in [0.25, 0.3) is 105 Å². The molecule has 5 nitrogen and oxygen atoms in total. The molecule has 0 atom stereocenters. The molecule has 0 N–H and O–H groups in total. The Balaban J connectivity index is 1.19. The van der Waals surface area contributed by atoms with Gasteiger partial charge in [0.15, 0.2) is 11.6 Å². The molecule has 12 rings (SSSR count). The fraction of sp³-hybridized carbons (Fsp3) is 0.0577. The number of nitrogens with zero attached hydrogens (tertiary/aromatic N) is 4. The Hall–Kier alpha value is -7.37. The van der Waals surface area contributed by atoms with Crippen molar-refractivity contribution in [3.8, 4) is 51.0 Å². The minimum absolute atomic E-state index is 0.130. The van der Waals surface area contributed by atoms with E-state index in [9.17, 15) is 0 Å². The monoisotopic (exact) mass is 730 g/mol. The molecule has 0 aliphatic heterocycles. The van der Waals surface area contributed by atoms with Crippen LogP contribution in [0.4, 0.5) is 0 Å². The molecule has 0 fully saturated rings. The molecule has 268 valence electrons. The molecule has 0 bridgehead atoms. The van der Waals surface area contributed by atoms with E-state index < -0.39 is 0 Å². The first-order valence-electron chi connectivity index (χ1n) is 19.4. The Bertz CT molecular complexity index is 3450. The van der Waals surface area contributed by atoms with Gasteiger partial charge in [-0.15, -0.1) is 0 Å². The highest BCUT2D eigenvalue weighted by Gasteiger charge is 2.37. The highest BCUT2D eigenvalue weighted by molar-refractivity contribution is 6.17. The van der Waals surface area contributed by atoms with Crippen LogP contribution in [-0.2, 0) is 5.41 Å². The second-order valence-corrected chi connectivity index (χ2v) is 15.6. The maximum absolute atomic E-state index is 6.35. The van der Waals surface area contributed by atoms with Gasteiger partial charge in [0.1, 0.15) is 11.2 Å². The molecule has 1 aliphatic carbocycles. The van der Waals surface area contributed by atoms with Crippen molar-refractivity contribution in [2.24, 2.45) is 0 Å². The zero-order valence-electron chi connectivity index (χ0n) is 31.4. The van der Waals surface area contributed by atoms with Crippen LogP contribution in [0.15, 0.2) is 174 Å². The molecule has 3 heterocycles. The van der Waals surface area contributed by atoms with Crippen LogP contribution in [0, 0.1) is 0 Å². The van der Waals surface area contributed by atoms with E-state index in [4.69, 9.17) is 19.4 Å². The molecule has 0 spiro atoms. The fourth-order valence-corrected chi connectivity index (χ4v) is 9.33. The van der Waals surface area contributed by atoms with Gasteiger partial charge in [-0.05, 0) is 68.9 Å². The number of rotatable bonds is 4. The van der Waals surface area contributed by atoms with Crippen LogP contribution in [-0.4, -0.2) is 19.5 Å². The summed E-state index contributed by atoms with van der Waals surface area (Å²) in [5, 5.41) is 6.77. The topological polar surface area (TPSA) is 56.7 Å². The van der Waals surface area contributed by atoms with Crippen molar-refractivity contribution in [2.45, 2.75) is 19.3 Å². The van der Waals surface area contributed by atoms with E-state index in [2.05, 4.69) is 152 Å². The van der Waals surface area contributed by atoms with Crippen molar-refractivity contribution in [3.63, 3.8) is 0 Å². The Morgan fingerprint density at radius 1 is 0.456 bits per heavy atom. The van der Waals surface area contributed by atoms with E-state index in [0.717, 1.165) is 65.8 Å². The SMILES string of the molecule is CC1(C)c2ccccc2-c2c(-c3cccc4c5cc6ccccc6cc5n(-c5nc(-c6ccccc6)nc(-c6ccc7c(c6)oc6ccccc67)n5)c34)cccc21. The summed E-state index contributed by atoms with van der Waals surface area (Å²) in [5.74, 6) is 1.73. The van der Waals surface area contributed by atoms with Crippen molar-refractivity contribution in [2.75, 3.05) is 0 Å². The maximum Gasteiger partial charge on any atom is 0.238 e. The summed E-state index contributed by atoms with van der Waals surface area (Å²) in [6, 6.07) is 60.1. The molecule has 0 saturated heterocycles. The van der Waals surface area contributed by atoms with Gasteiger partial charge in [0.05, 0.1) is 11.0 Å². The Morgan fingerprint density at radius 3 is 1.98 bits per heavy atom. The number of para-hydroxylation sites is 2. The van der Waals surface area contributed by atoms with Gasteiger partial charge in [-0.1, -0.05) is 153 Å². The average Bonchev–Trinajstić information content (AvgIpc) is 3.88. The summed E-state index contributed by atoms with van der Waals surface area (Å²) in [5.41, 5.74) is 13.0. The average molecular weight is 731 g/mol. The normalized spacial score (nSPS) is 13.2. The van der Waals surface area contributed by atoms with Crippen LogP contribution < -0.4 is 0 Å². The van der Waals surface area contributed by atoms with E-state index in [-0.39, 0.29) is 5.41 Å². The second-order valence-electron chi connectivity index (χ2n) is 15.6. The molecular weight excluding hydrogens is 697 g/mol. The van der Waals surface area contributed by atoms with Gasteiger partial charge in [-0.3, -0.25) is 4.57 Å². The zero-order chi connectivity index (χ0) is 37.8. The summed E-state index contributed by atoms with van der Waals surface area (Å²) in [7, 11) is 0. The minimum Gasteiger partial charge on any atom is -0.456 e. The van der Waals surface area contributed by atoms with Crippen LogP contribution >= 0.6 is 0 Å². The van der Waals surface area contributed by atoms with Crippen molar-refractivity contribution in [3.05, 3.63) is 181 Å². The number of hydrogen-bond donors (Lipinski definition) is 0. The molecule has 57 heavy (non-hydrogen) atoms. The summed E-state index contributed by atoms with van der Waals surface area (Å²) in [6.45, 7) is 4.68. The van der Waals surface area contributed by atoms with Gasteiger partial charge in [0.2, 0.25) is 5.95 Å². The van der Waals surface area contributed by atoms with Crippen molar-refractivity contribution < 1.29 is 4.42 Å². The molecule has 3 aromatic heterocycles. The van der Waals surface area contributed by atoms with E-state index in [1.54, 1.807) is 0 Å². The van der Waals surface area contributed by atoms with E-state index in [1.807, 2.05) is 36.4 Å². The smallest absolute Gasteiger partial charge is 0.238 e. The third kappa shape index (κ3) is 4.66. The molecule has 5 heteroatoms. The first-order chi connectivity index (χ1) is 28.0. The second kappa shape index (κ2) is 11.8. The van der Waals surface area contributed by atoms with Gasteiger partial charge in [0, 0.05) is 43.7 Å². The number of hydrogen-bond acceptors (Lipinski definition) is 4. The van der Waals surface area contributed by atoms with Crippen LogP contribution in [0.5, 0.6) is 0 Å². The summed E-state index contributed by atoms with van der Waals surface area (Å²) < 4.78 is 8.63. The summed E-state index contributed by atoms with van der Waals surface area (Å²) in [4.78, 5) is 15.9. The van der Waals surface area contributed by atoms with Gasteiger partial charge in [0.25, 0.3) is 0 Å². The minimum atomic E-state index is -0.130. The lowest BCUT2D eigenvalue weighted by Crippen LogP contribution is -2.14. The highest BCUT2D eigenvalue weighted by atomic mass is 16.3. The molecule has 1 aliphatic rings. The Morgan fingerprint density at radius 2 is 1.11 bits per heavy atom. The number of benzene rings is 8. The maximum atomic E-state index is 6.35. The van der Waals surface area contributed by atoms with Gasteiger partial charge in [-0.2, -0.15) is 9.97 Å². The molecule has 0 saturated carbocycles. The predicted molar refractivity (Wildman–Crippen MR) is 233 cm³/mol. The molecule has 0 unspecified atom stereocenters. The fourth-order valence-electron chi connectivity index (χ4n) is 9.33. The zero-order valence-corrected chi connectivity index (χ0v) is 31.4. The lowest BCUT2D eigenvalue weighted by molar-refractivity contribution is 0.660. The standard InChI is InChI=1S/C52H34N4O/c1-52(2)42-23-10-8-19-40(42)47-37(20-13-24-43(47)52)38-21-12-22-39-41-28-32-16-6-7-17-33(32)29-44(41)56(48(38)39)51-54-49(31-14-4-3-5-15-31)53-50(55-51)34-26-27-36-35-18-9-11-25-45(35)57-46(36)30-34/h3-30H,1-2H3. The highest BCUT2D eigenvalue weighted by Crippen LogP contribution is 2.53. The third-order valence-electron chi connectivity index (χ3n) is 12.0. The van der Waals surface area contributed by atoms with Gasteiger partial charge < -0.3 is 4.42 Å². The van der Waals surface area contributed by atoms with Crippen LogP contribution in [0.1, 0.15) is 25.0 Å². The van der Waals surface area contributed by atoms with Crippen molar-refractivity contribution >= 4 is 54.5 Å². The Kier molecular flexibility index (Phi) is 6.62. The summed E-state index contributed by atoms with van der Waals surface area (Å²) >= 11 is 0. The van der Waals surface area contributed by atoms with E-state index >= 15 is 0 Å².